The van der Waals surface area contributed by atoms with E-state index in [1.165, 1.54) is 5.56 Å². The molecular formula is C18H21ClN2. The zero-order valence-electron chi connectivity index (χ0n) is 12.6. The van der Waals surface area contributed by atoms with Crippen LogP contribution in [0.4, 0.5) is 5.69 Å². The van der Waals surface area contributed by atoms with E-state index in [1.54, 1.807) is 0 Å². The van der Waals surface area contributed by atoms with Gasteiger partial charge in [0, 0.05) is 31.4 Å². The fourth-order valence-electron chi connectivity index (χ4n) is 2.19. The van der Waals surface area contributed by atoms with E-state index < -0.39 is 0 Å². The highest BCUT2D eigenvalue weighted by Gasteiger charge is 2.05. The standard InChI is InChI=1S/C18H21ClN2/c1-13(21(2)3)16-7-4-14(5-8-16)10-17-11-15(12-19)6-9-18(17)20/h4-9,11H,1,10,12,20H2,2-3H3. The minimum atomic E-state index is 0.509. The molecule has 110 valence electrons. The number of benzene rings is 2. The molecule has 0 unspecified atom stereocenters. The van der Waals surface area contributed by atoms with E-state index in [0.717, 1.165) is 34.5 Å². The largest absolute Gasteiger partial charge is 0.398 e. The summed E-state index contributed by atoms with van der Waals surface area (Å²) in [5.41, 5.74) is 12.4. The number of anilines is 1. The second-order valence-electron chi connectivity index (χ2n) is 5.38. The molecule has 21 heavy (non-hydrogen) atoms. The molecule has 2 aromatic rings. The van der Waals surface area contributed by atoms with Gasteiger partial charge in [0.2, 0.25) is 0 Å². The maximum atomic E-state index is 6.05. The molecular weight excluding hydrogens is 280 g/mol. The number of hydrogen-bond donors (Lipinski definition) is 1. The van der Waals surface area contributed by atoms with Gasteiger partial charge in [-0.05, 0) is 34.7 Å². The van der Waals surface area contributed by atoms with Crippen molar-refractivity contribution in [3.8, 4) is 0 Å². The number of hydrogen-bond acceptors (Lipinski definition) is 2. The second-order valence-corrected chi connectivity index (χ2v) is 5.65. The molecule has 2 nitrogen and oxygen atoms in total. The fourth-order valence-corrected chi connectivity index (χ4v) is 2.35. The number of nitrogens with zero attached hydrogens (tertiary/aromatic N) is 1. The van der Waals surface area contributed by atoms with E-state index in [0.29, 0.717) is 5.88 Å². The van der Waals surface area contributed by atoms with Crippen molar-refractivity contribution in [2.45, 2.75) is 12.3 Å². The molecule has 2 rings (SSSR count). The first-order chi connectivity index (χ1) is 10.0. The van der Waals surface area contributed by atoms with E-state index in [-0.39, 0.29) is 0 Å². The lowest BCUT2D eigenvalue weighted by atomic mass is 10.00. The van der Waals surface area contributed by atoms with Crippen molar-refractivity contribution >= 4 is 23.0 Å². The molecule has 0 aliphatic heterocycles. The Balaban J connectivity index is 2.19. The van der Waals surface area contributed by atoms with Crippen LogP contribution in [0.25, 0.3) is 5.70 Å². The average Bonchev–Trinajstić information content (AvgIpc) is 2.49. The Morgan fingerprint density at radius 1 is 1.10 bits per heavy atom. The topological polar surface area (TPSA) is 29.3 Å². The first-order valence-electron chi connectivity index (χ1n) is 6.90. The summed E-state index contributed by atoms with van der Waals surface area (Å²) in [5, 5.41) is 0. The van der Waals surface area contributed by atoms with E-state index in [9.17, 15) is 0 Å². The predicted octanol–water partition coefficient (Wildman–Crippen LogP) is 4.13. The molecule has 0 spiro atoms. The molecule has 0 atom stereocenters. The maximum Gasteiger partial charge on any atom is 0.0474 e. The van der Waals surface area contributed by atoms with Crippen LogP contribution in [0.1, 0.15) is 22.3 Å². The van der Waals surface area contributed by atoms with Gasteiger partial charge < -0.3 is 10.6 Å². The zero-order valence-corrected chi connectivity index (χ0v) is 13.3. The van der Waals surface area contributed by atoms with Crippen molar-refractivity contribution in [1.82, 2.24) is 4.90 Å². The number of rotatable bonds is 5. The summed E-state index contributed by atoms with van der Waals surface area (Å²) < 4.78 is 0. The lowest BCUT2D eigenvalue weighted by molar-refractivity contribution is 0.593. The first-order valence-corrected chi connectivity index (χ1v) is 7.43. The fraction of sp³-hybridized carbons (Fsp3) is 0.222. The monoisotopic (exact) mass is 300 g/mol. The third-order valence-corrected chi connectivity index (χ3v) is 3.89. The minimum absolute atomic E-state index is 0.509. The van der Waals surface area contributed by atoms with Crippen molar-refractivity contribution in [2.24, 2.45) is 0 Å². The highest BCUT2D eigenvalue weighted by atomic mass is 35.5. The van der Waals surface area contributed by atoms with Crippen LogP contribution >= 0.6 is 11.6 Å². The van der Waals surface area contributed by atoms with Crippen molar-refractivity contribution in [3.63, 3.8) is 0 Å². The van der Waals surface area contributed by atoms with Gasteiger partial charge in [0.05, 0.1) is 0 Å². The third-order valence-electron chi connectivity index (χ3n) is 3.58. The molecule has 0 fully saturated rings. The molecule has 0 bridgehead atoms. The number of nitrogen functional groups attached to an aromatic ring is 1. The van der Waals surface area contributed by atoms with Gasteiger partial charge in [0.15, 0.2) is 0 Å². The van der Waals surface area contributed by atoms with Crippen molar-refractivity contribution in [2.75, 3.05) is 19.8 Å². The Morgan fingerprint density at radius 2 is 1.71 bits per heavy atom. The molecule has 0 amide bonds. The average molecular weight is 301 g/mol. The molecule has 0 heterocycles. The molecule has 2 N–H and O–H groups in total. The van der Waals surface area contributed by atoms with Crippen molar-refractivity contribution in [3.05, 3.63) is 71.3 Å². The maximum absolute atomic E-state index is 6.05. The van der Waals surface area contributed by atoms with E-state index in [4.69, 9.17) is 17.3 Å². The van der Waals surface area contributed by atoms with Gasteiger partial charge in [0.1, 0.15) is 0 Å². The summed E-state index contributed by atoms with van der Waals surface area (Å²) in [5.74, 6) is 0.509. The second kappa shape index (κ2) is 6.68. The van der Waals surface area contributed by atoms with Gasteiger partial charge in [0.25, 0.3) is 0 Å². The first kappa shape index (κ1) is 15.5. The van der Waals surface area contributed by atoms with Crippen LogP contribution in [0.3, 0.4) is 0 Å². The Labute approximate surface area is 131 Å². The highest BCUT2D eigenvalue weighted by Crippen LogP contribution is 2.21. The third kappa shape index (κ3) is 3.79. The number of nitrogens with two attached hydrogens (primary N) is 1. The summed E-state index contributed by atoms with van der Waals surface area (Å²) in [7, 11) is 3.99. The summed E-state index contributed by atoms with van der Waals surface area (Å²) in [6.07, 6.45) is 0.811. The molecule has 0 saturated heterocycles. The van der Waals surface area contributed by atoms with Crippen LogP contribution in [0.2, 0.25) is 0 Å². The van der Waals surface area contributed by atoms with Gasteiger partial charge in [-0.3, -0.25) is 0 Å². The van der Waals surface area contributed by atoms with E-state index in [2.05, 4.69) is 36.9 Å². The van der Waals surface area contributed by atoms with Crippen molar-refractivity contribution in [1.29, 1.82) is 0 Å². The molecule has 0 aromatic heterocycles. The molecule has 0 radical (unpaired) electrons. The van der Waals surface area contributed by atoms with Gasteiger partial charge in [-0.1, -0.05) is 43.0 Å². The smallest absolute Gasteiger partial charge is 0.0474 e. The van der Waals surface area contributed by atoms with E-state index >= 15 is 0 Å². The Morgan fingerprint density at radius 3 is 2.29 bits per heavy atom. The Kier molecular flexibility index (Phi) is 4.92. The highest BCUT2D eigenvalue weighted by molar-refractivity contribution is 6.17. The van der Waals surface area contributed by atoms with Crippen LogP contribution in [0.5, 0.6) is 0 Å². The minimum Gasteiger partial charge on any atom is -0.398 e. The van der Waals surface area contributed by atoms with Crippen LogP contribution in [0, 0.1) is 0 Å². The number of alkyl halides is 1. The van der Waals surface area contributed by atoms with Gasteiger partial charge >= 0.3 is 0 Å². The summed E-state index contributed by atoms with van der Waals surface area (Å²) in [4.78, 5) is 2.01. The Bertz CT molecular complexity index is 630. The number of halogens is 1. The van der Waals surface area contributed by atoms with Crippen LogP contribution in [-0.2, 0) is 12.3 Å². The van der Waals surface area contributed by atoms with Gasteiger partial charge in [-0.25, -0.2) is 0 Å². The van der Waals surface area contributed by atoms with Crippen LogP contribution in [0.15, 0.2) is 49.0 Å². The molecule has 0 saturated carbocycles. The molecule has 3 heteroatoms. The zero-order chi connectivity index (χ0) is 15.4. The SMILES string of the molecule is C=C(c1ccc(Cc2cc(CCl)ccc2N)cc1)N(C)C. The predicted molar refractivity (Wildman–Crippen MR) is 92.4 cm³/mol. The summed E-state index contributed by atoms with van der Waals surface area (Å²) >= 11 is 5.88. The van der Waals surface area contributed by atoms with Gasteiger partial charge in [-0.15, -0.1) is 11.6 Å². The molecule has 0 aliphatic rings. The summed E-state index contributed by atoms with van der Waals surface area (Å²) in [6.45, 7) is 4.07. The van der Waals surface area contributed by atoms with Gasteiger partial charge in [-0.2, -0.15) is 0 Å². The lowest BCUT2D eigenvalue weighted by Gasteiger charge is -2.16. The van der Waals surface area contributed by atoms with Crippen LogP contribution < -0.4 is 5.73 Å². The Hall–Kier alpha value is -1.93. The summed E-state index contributed by atoms with van der Waals surface area (Å²) in [6, 6.07) is 14.4. The normalized spacial score (nSPS) is 10.4. The van der Waals surface area contributed by atoms with Crippen LogP contribution in [-0.4, -0.2) is 19.0 Å². The lowest BCUT2D eigenvalue weighted by Crippen LogP contribution is -2.08. The van der Waals surface area contributed by atoms with E-state index in [1.807, 2.05) is 31.1 Å². The molecule has 2 aromatic carbocycles. The van der Waals surface area contributed by atoms with Crippen molar-refractivity contribution < 1.29 is 0 Å². The molecule has 0 aliphatic carbocycles. The quantitative estimate of drug-likeness (QED) is 0.664.